The Balaban J connectivity index is 1.75. The molecule has 0 saturated heterocycles. The molecule has 0 N–H and O–H groups in total. The number of rotatable bonds is 8. The summed E-state index contributed by atoms with van der Waals surface area (Å²) in [6.07, 6.45) is -0.304. The predicted octanol–water partition coefficient (Wildman–Crippen LogP) is 4.21. The molecule has 0 saturated carbocycles. The summed E-state index contributed by atoms with van der Waals surface area (Å²) < 4.78 is 29.5. The van der Waals surface area contributed by atoms with E-state index in [0.717, 1.165) is 27.2 Å². The molecule has 0 amide bonds. The Hall–Kier alpha value is -1.94. The van der Waals surface area contributed by atoms with Crippen LogP contribution in [0.25, 0.3) is 10.8 Å². The van der Waals surface area contributed by atoms with E-state index in [4.69, 9.17) is 14.0 Å². The monoisotopic (exact) mass is 388 g/mol. The minimum absolute atomic E-state index is 0.304. The molecule has 0 bridgehead atoms. The molecule has 6 heteroatoms. The Kier molecular flexibility index (Phi) is 6.62. The molecule has 0 aliphatic rings. The molecule has 4 nitrogen and oxygen atoms in total. The summed E-state index contributed by atoms with van der Waals surface area (Å²) in [6, 6.07) is 21.0. The van der Waals surface area contributed by atoms with Gasteiger partial charge in [0, 0.05) is 25.1 Å². The van der Waals surface area contributed by atoms with Gasteiger partial charge in [-0.1, -0.05) is 42.5 Å². The molecule has 3 unspecified atom stereocenters. The standard InChI is InChI=1S/C20H21O4PS/c1-22-19-11-5-10-18-17(19)9-6-12-20(18)26(21)14-16(24-25)13-23-15-7-3-2-4-8-15/h2-12,16H,13-14,25H2,1H3. The van der Waals surface area contributed by atoms with E-state index in [1.165, 1.54) is 0 Å². The first-order valence-corrected chi connectivity index (χ1v) is 9.99. The molecule has 136 valence electrons. The number of benzene rings is 3. The van der Waals surface area contributed by atoms with Gasteiger partial charge in [-0.2, -0.15) is 0 Å². The van der Waals surface area contributed by atoms with Crippen molar-refractivity contribution in [3.63, 3.8) is 0 Å². The molecular weight excluding hydrogens is 367 g/mol. The highest BCUT2D eigenvalue weighted by atomic mass is 32.2. The zero-order valence-electron chi connectivity index (χ0n) is 14.5. The lowest BCUT2D eigenvalue weighted by Gasteiger charge is -2.16. The first-order valence-electron chi connectivity index (χ1n) is 8.20. The van der Waals surface area contributed by atoms with Crippen molar-refractivity contribution in [1.82, 2.24) is 0 Å². The van der Waals surface area contributed by atoms with Crippen LogP contribution in [0.2, 0.25) is 0 Å². The summed E-state index contributed by atoms with van der Waals surface area (Å²) in [7, 11) is 2.65. The number of hydrogen-bond donors (Lipinski definition) is 0. The normalized spacial score (nSPS) is 13.3. The maximum Gasteiger partial charge on any atom is 0.126 e. The highest BCUT2D eigenvalue weighted by Crippen LogP contribution is 2.29. The lowest BCUT2D eigenvalue weighted by atomic mass is 10.1. The third-order valence-corrected chi connectivity index (χ3v) is 5.92. The van der Waals surface area contributed by atoms with E-state index in [2.05, 4.69) is 9.47 Å². The van der Waals surface area contributed by atoms with Crippen LogP contribution < -0.4 is 9.47 Å². The van der Waals surface area contributed by atoms with Crippen LogP contribution in [0.3, 0.4) is 0 Å². The van der Waals surface area contributed by atoms with E-state index in [0.29, 0.717) is 12.4 Å². The fourth-order valence-corrected chi connectivity index (χ4v) is 4.38. The van der Waals surface area contributed by atoms with Crippen LogP contribution in [-0.2, 0) is 15.3 Å². The number of ether oxygens (including phenoxy) is 2. The topological polar surface area (TPSA) is 44.8 Å². The van der Waals surface area contributed by atoms with Gasteiger partial charge in [-0.05, 0) is 24.3 Å². The van der Waals surface area contributed by atoms with Crippen molar-refractivity contribution in [2.24, 2.45) is 0 Å². The van der Waals surface area contributed by atoms with Gasteiger partial charge in [0.15, 0.2) is 0 Å². The predicted molar refractivity (Wildman–Crippen MR) is 108 cm³/mol. The SMILES string of the molecule is COc1cccc2c(S(=O)CC(COc3ccccc3)OP)cccc12. The molecule has 0 fully saturated rings. The third-order valence-electron chi connectivity index (χ3n) is 4.02. The highest BCUT2D eigenvalue weighted by Gasteiger charge is 2.17. The average molecular weight is 388 g/mol. The van der Waals surface area contributed by atoms with Crippen molar-refractivity contribution >= 4 is 31.0 Å². The van der Waals surface area contributed by atoms with Crippen molar-refractivity contribution in [3.05, 3.63) is 66.7 Å². The second kappa shape index (κ2) is 9.13. The van der Waals surface area contributed by atoms with Crippen LogP contribution in [0.5, 0.6) is 11.5 Å². The molecule has 0 radical (unpaired) electrons. The van der Waals surface area contributed by atoms with Gasteiger partial charge in [0.05, 0.1) is 23.7 Å². The summed E-state index contributed by atoms with van der Waals surface area (Å²) in [5, 5.41) is 1.88. The summed E-state index contributed by atoms with van der Waals surface area (Å²) in [5.41, 5.74) is 0. The quantitative estimate of drug-likeness (QED) is 0.542. The number of methoxy groups -OCH3 is 1. The lowest BCUT2D eigenvalue weighted by Crippen LogP contribution is -2.25. The van der Waals surface area contributed by atoms with E-state index in [9.17, 15) is 4.21 Å². The van der Waals surface area contributed by atoms with Crippen molar-refractivity contribution in [1.29, 1.82) is 0 Å². The summed E-state index contributed by atoms with van der Waals surface area (Å²) in [4.78, 5) is 0.771. The van der Waals surface area contributed by atoms with Crippen LogP contribution in [0, 0.1) is 0 Å². The summed E-state index contributed by atoms with van der Waals surface area (Å²) >= 11 is 0. The van der Waals surface area contributed by atoms with Gasteiger partial charge in [-0.25, -0.2) is 0 Å². The van der Waals surface area contributed by atoms with Crippen molar-refractivity contribution in [2.45, 2.75) is 11.0 Å². The third kappa shape index (κ3) is 4.42. The first kappa shape index (κ1) is 18.8. The summed E-state index contributed by atoms with van der Waals surface area (Å²) in [6.45, 7) is 0.327. The second-order valence-corrected chi connectivity index (χ2v) is 7.44. The molecule has 3 aromatic rings. The van der Waals surface area contributed by atoms with E-state index in [1.807, 2.05) is 66.7 Å². The van der Waals surface area contributed by atoms with Crippen LogP contribution in [0.4, 0.5) is 0 Å². The smallest absolute Gasteiger partial charge is 0.126 e. The maximum atomic E-state index is 13.0. The van der Waals surface area contributed by atoms with Crippen LogP contribution in [0.15, 0.2) is 71.6 Å². The van der Waals surface area contributed by atoms with E-state index in [-0.39, 0.29) is 6.10 Å². The van der Waals surface area contributed by atoms with Gasteiger partial charge in [0.25, 0.3) is 0 Å². The van der Waals surface area contributed by atoms with Crippen LogP contribution in [-0.4, -0.2) is 29.8 Å². The van der Waals surface area contributed by atoms with Crippen molar-refractivity contribution in [3.8, 4) is 11.5 Å². The molecule has 3 rings (SSSR count). The Morgan fingerprint density at radius 3 is 2.42 bits per heavy atom. The zero-order valence-corrected chi connectivity index (χ0v) is 16.4. The van der Waals surface area contributed by atoms with Crippen molar-refractivity contribution < 1.29 is 18.2 Å². The molecular formula is C20H21O4PS. The molecule has 0 spiro atoms. The van der Waals surface area contributed by atoms with Crippen LogP contribution >= 0.6 is 9.47 Å². The number of fused-ring (bicyclic) bond motifs is 1. The largest absolute Gasteiger partial charge is 0.496 e. The fourth-order valence-electron chi connectivity index (χ4n) is 2.72. The highest BCUT2D eigenvalue weighted by molar-refractivity contribution is 7.85. The molecule has 0 aliphatic carbocycles. The Morgan fingerprint density at radius 1 is 0.962 bits per heavy atom. The van der Waals surface area contributed by atoms with Gasteiger partial charge >= 0.3 is 0 Å². The number of hydrogen-bond acceptors (Lipinski definition) is 4. The Morgan fingerprint density at radius 2 is 1.69 bits per heavy atom. The fraction of sp³-hybridized carbons (Fsp3) is 0.200. The molecule has 3 atom stereocenters. The van der Waals surface area contributed by atoms with Gasteiger partial charge in [0.1, 0.15) is 24.2 Å². The second-order valence-electron chi connectivity index (χ2n) is 5.71. The lowest BCUT2D eigenvalue weighted by molar-refractivity contribution is 0.167. The van der Waals surface area contributed by atoms with E-state index in [1.54, 1.807) is 7.11 Å². The minimum Gasteiger partial charge on any atom is -0.496 e. The molecule has 3 aromatic carbocycles. The zero-order chi connectivity index (χ0) is 18.4. The van der Waals surface area contributed by atoms with Gasteiger partial charge in [-0.15, -0.1) is 0 Å². The first-order chi connectivity index (χ1) is 12.7. The van der Waals surface area contributed by atoms with E-state index < -0.39 is 10.8 Å². The van der Waals surface area contributed by atoms with Crippen molar-refractivity contribution in [2.75, 3.05) is 19.5 Å². The van der Waals surface area contributed by atoms with Crippen LogP contribution in [0.1, 0.15) is 0 Å². The number of para-hydroxylation sites is 1. The Labute approximate surface area is 158 Å². The Bertz CT molecular complexity index is 885. The van der Waals surface area contributed by atoms with Gasteiger partial charge < -0.3 is 14.0 Å². The molecule has 0 aromatic heterocycles. The maximum absolute atomic E-state index is 13.0. The minimum atomic E-state index is -1.23. The molecule has 26 heavy (non-hydrogen) atoms. The molecule has 0 heterocycles. The summed E-state index contributed by atoms with van der Waals surface area (Å²) in [5.74, 6) is 1.87. The van der Waals surface area contributed by atoms with Gasteiger partial charge in [0.2, 0.25) is 0 Å². The average Bonchev–Trinajstić information content (AvgIpc) is 2.70. The molecule has 0 aliphatic heterocycles. The van der Waals surface area contributed by atoms with Gasteiger partial charge in [-0.3, -0.25) is 4.21 Å². The van der Waals surface area contributed by atoms with E-state index >= 15 is 0 Å².